The van der Waals surface area contributed by atoms with Crippen molar-refractivity contribution in [3.63, 3.8) is 0 Å². The van der Waals surface area contributed by atoms with Crippen molar-refractivity contribution >= 4 is 34.0 Å². The summed E-state index contributed by atoms with van der Waals surface area (Å²) in [7, 11) is 0. The molecule has 0 aliphatic heterocycles. The highest BCUT2D eigenvalue weighted by molar-refractivity contribution is 7.12. The molecule has 0 amide bonds. The van der Waals surface area contributed by atoms with E-state index in [1.54, 1.807) is 0 Å². The van der Waals surface area contributed by atoms with Crippen molar-refractivity contribution in [3.8, 4) is 0 Å². The van der Waals surface area contributed by atoms with Crippen molar-refractivity contribution in [1.82, 2.24) is 5.32 Å². The molecule has 0 saturated heterocycles. The number of thiophene rings is 3. The molecule has 0 spiro atoms. The van der Waals surface area contributed by atoms with Gasteiger partial charge in [-0.2, -0.15) is 0 Å². The lowest BCUT2D eigenvalue weighted by Crippen LogP contribution is -2.31. The first-order chi connectivity index (χ1) is 10.2. The topological polar surface area (TPSA) is 12.0 Å². The highest BCUT2D eigenvalue weighted by atomic mass is 32.1. The summed E-state index contributed by atoms with van der Waals surface area (Å²) in [4.78, 5) is 5.65. The lowest BCUT2D eigenvalue weighted by Gasteiger charge is -2.21. The van der Waals surface area contributed by atoms with E-state index in [1.807, 2.05) is 34.0 Å². The minimum Gasteiger partial charge on any atom is -0.302 e. The predicted molar refractivity (Wildman–Crippen MR) is 95.8 cm³/mol. The summed E-state index contributed by atoms with van der Waals surface area (Å²) < 4.78 is 0. The maximum Gasteiger partial charge on any atom is 0.0767 e. The van der Waals surface area contributed by atoms with Crippen molar-refractivity contribution in [1.29, 1.82) is 0 Å². The molecule has 0 aliphatic rings. The van der Waals surface area contributed by atoms with Crippen LogP contribution in [0.15, 0.2) is 47.2 Å². The van der Waals surface area contributed by atoms with Gasteiger partial charge in [0.1, 0.15) is 0 Å². The molecular formula is C17H19NS3. The van der Waals surface area contributed by atoms with Crippen molar-refractivity contribution < 1.29 is 0 Å². The molecule has 0 bridgehead atoms. The lowest BCUT2D eigenvalue weighted by atomic mass is 10.1. The van der Waals surface area contributed by atoms with Crippen LogP contribution < -0.4 is 5.32 Å². The summed E-state index contributed by atoms with van der Waals surface area (Å²) in [5.41, 5.74) is 0. The maximum absolute atomic E-state index is 3.81. The largest absolute Gasteiger partial charge is 0.302 e. The minimum atomic E-state index is 0.320. The molecule has 3 heterocycles. The average Bonchev–Trinajstić information content (AvgIpc) is 3.19. The van der Waals surface area contributed by atoms with Gasteiger partial charge in [-0.15, -0.1) is 34.0 Å². The Bertz CT molecular complexity index is 618. The van der Waals surface area contributed by atoms with Gasteiger partial charge < -0.3 is 5.32 Å². The van der Waals surface area contributed by atoms with Gasteiger partial charge in [0.05, 0.1) is 6.04 Å². The normalized spacial score (nSPS) is 12.9. The van der Waals surface area contributed by atoms with E-state index in [1.165, 1.54) is 19.5 Å². The molecule has 0 radical (unpaired) electrons. The van der Waals surface area contributed by atoms with Gasteiger partial charge in [0.15, 0.2) is 0 Å². The SMILES string of the molecule is Cc1ccc(CC(C)NC(c2cccs2)c2cccs2)s1. The number of rotatable bonds is 6. The van der Waals surface area contributed by atoms with Gasteiger partial charge in [-0.05, 0) is 55.3 Å². The molecule has 21 heavy (non-hydrogen) atoms. The van der Waals surface area contributed by atoms with Gasteiger partial charge in [-0.25, -0.2) is 0 Å². The zero-order chi connectivity index (χ0) is 14.7. The zero-order valence-electron chi connectivity index (χ0n) is 12.2. The van der Waals surface area contributed by atoms with Crippen molar-refractivity contribution in [2.75, 3.05) is 0 Å². The Kier molecular flexibility index (Phi) is 4.91. The highest BCUT2D eigenvalue weighted by Crippen LogP contribution is 2.30. The van der Waals surface area contributed by atoms with Crippen LogP contribution >= 0.6 is 34.0 Å². The molecular weight excluding hydrogens is 314 g/mol. The second-order valence-corrected chi connectivity index (χ2v) is 8.58. The molecule has 110 valence electrons. The fourth-order valence-corrected chi connectivity index (χ4v) is 5.15. The molecule has 1 unspecified atom stereocenters. The van der Waals surface area contributed by atoms with Crippen LogP contribution in [0.4, 0.5) is 0 Å². The zero-order valence-corrected chi connectivity index (χ0v) is 14.7. The molecule has 0 aliphatic carbocycles. The number of aryl methyl sites for hydroxylation is 1. The van der Waals surface area contributed by atoms with Crippen LogP contribution in [0.5, 0.6) is 0 Å². The monoisotopic (exact) mass is 333 g/mol. The van der Waals surface area contributed by atoms with E-state index in [-0.39, 0.29) is 0 Å². The smallest absolute Gasteiger partial charge is 0.0767 e. The standard InChI is InChI=1S/C17H19NS3/c1-12(11-14-8-7-13(2)21-14)18-17(15-5-3-9-19-15)16-6-4-10-20-16/h3-10,12,17-18H,11H2,1-2H3. The summed E-state index contributed by atoms with van der Waals surface area (Å²) in [6.07, 6.45) is 1.09. The van der Waals surface area contributed by atoms with E-state index < -0.39 is 0 Å². The third-order valence-corrected chi connectivity index (χ3v) is 6.31. The third-order valence-electron chi connectivity index (χ3n) is 3.41. The first kappa shape index (κ1) is 15.0. The van der Waals surface area contributed by atoms with Crippen LogP contribution in [0.25, 0.3) is 0 Å². The average molecular weight is 334 g/mol. The van der Waals surface area contributed by atoms with E-state index in [2.05, 4.69) is 66.3 Å². The number of nitrogens with one attached hydrogen (secondary N) is 1. The van der Waals surface area contributed by atoms with Crippen LogP contribution in [0.2, 0.25) is 0 Å². The molecule has 0 saturated carbocycles. The summed E-state index contributed by atoms with van der Waals surface area (Å²) >= 11 is 5.56. The highest BCUT2D eigenvalue weighted by Gasteiger charge is 2.18. The van der Waals surface area contributed by atoms with E-state index in [0.29, 0.717) is 12.1 Å². The van der Waals surface area contributed by atoms with Crippen molar-refractivity contribution in [3.05, 3.63) is 66.7 Å². The summed E-state index contributed by atoms with van der Waals surface area (Å²) in [5, 5.41) is 8.12. The van der Waals surface area contributed by atoms with E-state index in [9.17, 15) is 0 Å². The minimum absolute atomic E-state index is 0.320. The third kappa shape index (κ3) is 3.83. The molecule has 1 nitrogen and oxygen atoms in total. The second kappa shape index (κ2) is 6.88. The van der Waals surface area contributed by atoms with Crippen LogP contribution in [-0.2, 0) is 6.42 Å². The Balaban J connectivity index is 1.72. The Hall–Kier alpha value is -0.940. The molecule has 0 aromatic carbocycles. The summed E-state index contributed by atoms with van der Waals surface area (Å²) in [6, 6.07) is 14.0. The predicted octanol–water partition coefficient (Wildman–Crippen LogP) is 5.49. The van der Waals surface area contributed by atoms with E-state index >= 15 is 0 Å². The second-order valence-electron chi connectivity index (χ2n) is 5.25. The number of hydrogen-bond acceptors (Lipinski definition) is 4. The van der Waals surface area contributed by atoms with E-state index in [0.717, 1.165) is 6.42 Å². The molecule has 4 heteroatoms. The molecule has 0 fully saturated rings. The Morgan fingerprint density at radius 2 is 1.67 bits per heavy atom. The van der Waals surface area contributed by atoms with Gasteiger partial charge in [0, 0.05) is 25.6 Å². The van der Waals surface area contributed by atoms with Gasteiger partial charge >= 0.3 is 0 Å². The van der Waals surface area contributed by atoms with Gasteiger partial charge in [-0.1, -0.05) is 12.1 Å². The van der Waals surface area contributed by atoms with Crippen molar-refractivity contribution in [2.24, 2.45) is 0 Å². The fraction of sp³-hybridized carbons (Fsp3) is 0.294. The van der Waals surface area contributed by atoms with Crippen LogP contribution in [0.1, 0.15) is 32.5 Å². The summed E-state index contributed by atoms with van der Waals surface area (Å²) in [5.74, 6) is 0. The van der Waals surface area contributed by atoms with E-state index in [4.69, 9.17) is 0 Å². The Morgan fingerprint density at radius 3 is 2.14 bits per heavy atom. The van der Waals surface area contributed by atoms with Crippen molar-refractivity contribution in [2.45, 2.75) is 32.4 Å². The van der Waals surface area contributed by atoms with Gasteiger partial charge in [0.2, 0.25) is 0 Å². The Labute approximate surface area is 138 Å². The first-order valence-electron chi connectivity index (χ1n) is 7.10. The van der Waals surface area contributed by atoms with Crippen LogP contribution in [-0.4, -0.2) is 6.04 Å². The molecule has 3 rings (SSSR count). The molecule has 3 aromatic heterocycles. The molecule has 1 N–H and O–H groups in total. The Morgan fingerprint density at radius 1 is 1.00 bits per heavy atom. The van der Waals surface area contributed by atoms with Gasteiger partial charge in [0.25, 0.3) is 0 Å². The quantitative estimate of drug-likeness (QED) is 0.629. The molecule has 1 atom stereocenters. The fourth-order valence-electron chi connectivity index (χ4n) is 2.46. The summed E-state index contributed by atoms with van der Waals surface area (Å²) in [6.45, 7) is 4.45. The van der Waals surface area contributed by atoms with Gasteiger partial charge in [-0.3, -0.25) is 0 Å². The van der Waals surface area contributed by atoms with Crippen LogP contribution in [0.3, 0.4) is 0 Å². The van der Waals surface area contributed by atoms with Crippen LogP contribution in [0, 0.1) is 6.92 Å². The first-order valence-corrected chi connectivity index (χ1v) is 9.68. The lowest BCUT2D eigenvalue weighted by molar-refractivity contribution is 0.507. The maximum atomic E-state index is 3.81. The number of hydrogen-bond donors (Lipinski definition) is 1. The molecule has 3 aromatic rings.